The van der Waals surface area contributed by atoms with Gasteiger partial charge in [-0.1, -0.05) is 18.6 Å². The molecule has 3 heterocycles. The number of aromatic nitrogens is 1. The number of hydrogen-bond acceptors (Lipinski definition) is 6. The van der Waals surface area contributed by atoms with Gasteiger partial charge in [0.15, 0.2) is 0 Å². The van der Waals surface area contributed by atoms with Crippen LogP contribution in [0.4, 0.5) is 10.6 Å². The molecule has 33 heavy (non-hydrogen) atoms. The van der Waals surface area contributed by atoms with Crippen LogP contribution in [-0.4, -0.2) is 63.1 Å². The number of anilines is 1. The summed E-state index contributed by atoms with van der Waals surface area (Å²) in [5, 5.41) is 5.67. The monoisotopic (exact) mass is 473 g/mol. The standard InChI is InChI=1S/C23H31N5O4S/c29-23(26-18-20-8-9-24-22(16-20)27-12-14-32-15-13-27)25-17-19-4-6-21(7-5-19)33(30,31)28-10-2-1-3-11-28/h4-9,16H,1-3,10-15,17-18H2,(H2,25,26,29). The molecule has 0 bridgehead atoms. The van der Waals surface area contributed by atoms with Crippen molar-refractivity contribution >= 4 is 21.9 Å². The van der Waals surface area contributed by atoms with E-state index in [4.69, 9.17) is 4.74 Å². The third kappa shape index (κ3) is 6.21. The average molecular weight is 474 g/mol. The summed E-state index contributed by atoms with van der Waals surface area (Å²) in [6.45, 7) is 4.86. The van der Waals surface area contributed by atoms with Crippen LogP contribution in [0.3, 0.4) is 0 Å². The number of rotatable bonds is 7. The lowest BCUT2D eigenvalue weighted by Gasteiger charge is -2.28. The van der Waals surface area contributed by atoms with Gasteiger partial charge >= 0.3 is 6.03 Å². The molecule has 2 aliphatic rings. The number of carbonyl (C=O) groups is 1. The van der Waals surface area contributed by atoms with Gasteiger partial charge in [0, 0.05) is 45.5 Å². The maximum atomic E-state index is 12.7. The molecule has 0 atom stereocenters. The van der Waals surface area contributed by atoms with E-state index < -0.39 is 10.0 Å². The van der Waals surface area contributed by atoms with Crippen molar-refractivity contribution in [2.75, 3.05) is 44.3 Å². The van der Waals surface area contributed by atoms with E-state index in [0.717, 1.165) is 49.3 Å². The topological polar surface area (TPSA) is 104 Å². The van der Waals surface area contributed by atoms with Crippen LogP contribution in [0, 0.1) is 0 Å². The van der Waals surface area contributed by atoms with E-state index in [2.05, 4.69) is 20.5 Å². The summed E-state index contributed by atoms with van der Waals surface area (Å²) in [6, 6.07) is 10.3. The van der Waals surface area contributed by atoms with Crippen LogP contribution >= 0.6 is 0 Å². The molecule has 2 fully saturated rings. The molecule has 4 rings (SSSR count). The number of nitrogens with one attached hydrogen (secondary N) is 2. The second kappa shape index (κ2) is 11.0. The summed E-state index contributed by atoms with van der Waals surface area (Å²) in [5.74, 6) is 0.887. The molecule has 9 nitrogen and oxygen atoms in total. The van der Waals surface area contributed by atoms with E-state index in [9.17, 15) is 13.2 Å². The van der Waals surface area contributed by atoms with E-state index >= 15 is 0 Å². The lowest BCUT2D eigenvalue weighted by atomic mass is 10.2. The molecule has 2 amide bonds. The number of morpholine rings is 1. The van der Waals surface area contributed by atoms with Gasteiger partial charge in [0.25, 0.3) is 0 Å². The Bertz CT molecular complexity index is 1030. The molecule has 1 aromatic carbocycles. The van der Waals surface area contributed by atoms with Crippen molar-refractivity contribution in [1.82, 2.24) is 19.9 Å². The van der Waals surface area contributed by atoms with Gasteiger partial charge in [-0.25, -0.2) is 18.2 Å². The van der Waals surface area contributed by atoms with Crippen molar-refractivity contribution in [1.29, 1.82) is 0 Å². The largest absolute Gasteiger partial charge is 0.378 e. The van der Waals surface area contributed by atoms with Gasteiger partial charge in [-0.15, -0.1) is 0 Å². The fraction of sp³-hybridized carbons (Fsp3) is 0.478. The highest BCUT2D eigenvalue weighted by Crippen LogP contribution is 2.21. The molecule has 2 N–H and O–H groups in total. The van der Waals surface area contributed by atoms with E-state index in [-0.39, 0.29) is 6.03 Å². The van der Waals surface area contributed by atoms with Crippen LogP contribution in [0.1, 0.15) is 30.4 Å². The first-order valence-corrected chi connectivity index (χ1v) is 12.8. The Kier molecular flexibility index (Phi) is 7.79. The zero-order valence-electron chi connectivity index (χ0n) is 18.7. The number of amides is 2. The minimum atomic E-state index is -3.44. The number of ether oxygens (including phenoxy) is 1. The van der Waals surface area contributed by atoms with Gasteiger partial charge in [0.05, 0.1) is 18.1 Å². The van der Waals surface area contributed by atoms with Gasteiger partial charge < -0.3 is 20.3 Å². The fourth-order valence-corrected chi connectivity index (χ4v) is 5.51. The minimum absolute atomic E-state index is 0.287. The van der Waals surface area contributed by atoms with Crippen molar-refractivity contribution < 1.29 is 17.9 Å². The van der Waals surface area contributed by atoms with Crippen molar-refractivity contribution in [2.45, 2.75) is 37.2 Å². The molecule has 2 aliphatic heterocycles. The van der Waals surface area contributed by atoms with Crippen molar-refractivity contribution in [3.05, 3.63) is 53.7 Å². The van der Waals surface area contributed by atoms with Crippen LogP contribution < -0.4 is 15.5 Å². The summed E-state index contributed by atoms with van der Waals surface area (Å²) in [6.07, 6.45) is 4.64. The number of sulfonamides is 1. The lowest BCUT2D eigenvalue weighted by Crippen LogP contribution is -2.37. The van der Waals surface area contributed by atoms with Crippen molar-refractivity contribution in [3.8, 4) is 0 Å². The highest BCUT2D eigenvalue weighted by molar-refractivity contribution is 7.89. The number of nitrogens with zero attached hydrogens (tertiary/aromatic N) is 3. The minimum Gasteiger partial charge on any atom is -0.378 e. The van der Waals surface area contributed by atoms with Gasteiger partial charge in [-0.3, -0.25) is 0 Å². The Balaban J connectivity index is 1.25. The van der Waals surface area contributed by atoms with Crippen LogP contribution in [-0.2, 0) is 27.8 Å². The molecule has 0 saturated carbocycles. The highest BCUT2D eigenvalue weighted by Gasteiger charge is 2.25. The number of urea groups is 1. The number of carbonyl (C=O) groups excluding carboxylic acids is 1. The lowest BCUT2D eigenvalue weighted by molar-refractivity contribution is 0.122. The zero-order chi connectivity index (χ0) is 23.1. The molecular weight excluding hydrogens is 442 g/mol. The molecule has 1 aromatic heterocycles. The Morgan fingerprint density at radius 1 is 0.909 bits per heavy atom. The Morgan fingerprint density at radius 3 is 2.27 bits per heavy atom. The second-order valence-corrected chi connectivity index (χ2v) is 10.2. The van der Waals surface area contributed by atoms with Crippen LogP contribution in [0.2, 0.25) is 0 Å². The van der Waals surface area contributed by atoms with E-state index in [1.165, 1.54) is 0 Å². The Morgan fingerprint density at radius 2 is 1.58 bits per heavy atom. The third-order valence-corrected chi connectivity index (χ3v) is 7.84. The summed E-state index contributed by atoms with van der Waals surface area (Å²) in [5.41, 5.74) is 1.80. The molecule has 0 unspecified atom stereocenters. The molecule has 178 valence electrons. The maximum absolute atomic E-state index is 12.7. The van der Waals surface area contributed by atoms with Gasteiger partial charge in [0.1, 0.15) is 5.82 Å². The van der Waals surface area contributed by atoms with E-state index in [1.54, 1.807) is 34.8 Å². The normalized spacial score (nSPS) is 17.5. The van der Waals surface area contributed by atoms with Crippen molar-refractivity contribution in [3.63, 3.8) is 0 Å². The predicted octanol–water partition coefficient (Wildman–Crippen LogP) is 2.09. The third-order valence-electron chi connectivity index (χ3n) is 5.93. The number of pyridine rings is 1. The molecule has 0 spiro atoms. The van der Waals surface area contributed by atoms with Gasteiger partial charge in [-0.2, -0.15) is 4.31 Å². The van der Waals surface area contributed by atoms with E-state index in [0.29, 0.717) is 44.3 Å². The molecule has 2 saturated heterocycles. The molecule has 10 heteroatoms. The average Bonchev–Trinajstić information content (AvgIpc) is 2.88. The van der Waals surface area contributed by atoms with Crippen molar-refractivity contribution in [2.24, 2.45) is 0 Å². The number of piperidine rings is 1. The first kappa shape index (κ1) is 23.5. The van der Waals surface area contributed by atoms with Gasteiger partial charge in [0.2, 0.25) is 10.0 Å². The molecule has 0 aliphatic carbocycles. The smallest absolute Gasteiger partial charge is 0.315 e. The summed E-state index contributed by atoms with van der Waals surface area (Å²) in [4.78, 5) is 19.1. The second-order valence-electron chi connectivity index (χ2n) is 8.27. The summed E-state index contributed by atoms with van der Waals surface area (Å²) < 4.78 is 32.4. The molecular formula is C23H31N5O4S. The zero-order valence-corrected chi connectivity index (χ0v) is 19.5. The summed E-state index contributed by atoms with van der Waals surface area (Å²) in [7, 11) is -3.44. The fourth-order valence-electron chi connectivity index (χ4n) is 4.00. The van der Waals surface area contributed by atoms with Gasteiger partial charge in [-0.05, 0) is 48.2 Å². The first-order valence-electron chi connectivity index (χ1n) is 11.4. The summed E-state index contributed by atoms with van der Waals surface area (Å²) >= 11 is 0. The SMILES string of the molecule is O=C(NCc1ccc(S(=O)(=O)N2CCCCC2)cc1)NCc1ccnc(N2CCOCC2)c1. The van der Waals surface area contributed by atoms with Crippen LogP contribution in [0.25, 0.3) is 0 Å². The Hall–Kier alpha value is -2.69. The number of hydrogen-bond donors (Lipinski definition) is 2. The van der Waals surface area contributed by atoms with Crippen LogP contribution in [0.15, 0.2) is 47.5 Å². The quantitative estimate of drug-likeness (QED) is 0.638. The predicted molar refractivity (Wildman–Crippen MR) is 125 cm³/mol. The van der Waals surface area contributed by atoms with E-state index in [1.807, 2.05) is 12.1 Å². The number of benzene rings is 1. The molecule has 2 aromatic rings. The Labute approximate surface area is 195 Å². The first-order chi connectivity index (χ1) is 16.0. The van der Waals surface area contributed by atoms with Crippen LogP contribution in [0.5, 0.6) is 0 Å². The maximum Gasteiger partial charge on any atom is 0.315 e. The highest BCUT2D eigenvalue weighted by atomic mass is 32.2. The molecule has 0 radical (unpaired) electrons.